The zero-order chi connectivity index (χ0) is 13.2. The van der Waals surface area contributed by atoms with Gasteiger partial charge in [0.1, 0.15) is 0 Å². The summed E-state index contributed by atoms with van der Waals surface area (Å²) < 4.78 is 0. The van der Waals surface area contributed by atoms with Gasteiger partial charge < -0.3 is 0 Å². The Labute approximate surface area is 108 Å². The van der Waals surface area contributed by atoms with Gasteiger partial charge in [0.2, 0.25) is 11.8 Å². The Bertz CT molecular complexity index is 377. The number of rotatable bonds is 6. The summed E-state index contributed by atoms with van der Waals surface area (Å²) in [6, 6.07) is 9.42. The molecule has 1 aromatic rings. The SMILES string of the molecule is CCCCCC(=O)NNC(=O)Cc1ccccc1. The lowest BCUT2D eigenvalue weighted by atomic mass is 10.1. The smallest absolute Gasteiger partial charge is 0.242 e. The highest BCUT2D eigenvalue weighted by atomic mass is 16.2. The summed E-state index contributed by atoms with van der Waals surface area (Å²) in [6.45, 7) is 2.08. The number of unbranched alkanes of at least 4 members (excludes halogenated alkanes) is 2. The third kappa shape index (κ3) is 6.03. The normalized spacial score (nSPS) is 9.83. The number of hydrogen-bond acceptors (Lipinski definition) is 2. The second-order valence-corrected chi connectivity index (χ2v) is 4.22. The van der Waals surface area contributed by atoms with Crippen molar-refractivity contribution in [1.82, 2.24) is 10.9 Å². The Morgan fingerprint density at radius 1 is 1.00 bits per heavy atom. The molecule has 0 aliphatic heterocycles. The second kappa shape index (κ2) is 8.28. The Morgan fingerprint density at radius 2 is 1.67 bits per heavy atom. The number of benzene rings is 1. The summed E-state index contributed by atoms with van der Waals surface area (Å²) in [5, 5.41) is 0. The highest BCUT2D eigenvalue weighted by Crippen LogP contribution is 1.99. The number of carbonyl (C=O) groups excluding carboxylic acids is 2. The van der Waals surface area contributed by atoms with E-state index in [2.05, 4.69) is 17.8 Å². The molecule has 0 unspecified atom stereocenters. The van der Waals surface area contributed by atoms with Gasteiger partial charge in [0.15, 0.2) is 0 Å². The van der Waals surface area contributed by atoms with Crippen LogP contribution in [0.15, 0.2) is 30.3 Å². The number of amides is 2. The van der Waals surface area contributed by atoms with Gasteiger partial charge >= 0.3 is 0 Å². The number of hydrogen-bond donors (Lipinski definition) is 2. The van der Waals surface area contributed by atoms with Gasteiger partial charge in [-0.2, -0.15) is 0 Å². The molecule has 4 heteroatoms. The first-order valence-corrected chi connectivity index (χ1v) is 6.34. The van der Waals surface area contributed by atoms with Crippen LogP contribution in [0.25, 0.3) is 0 Å². The predicted octanol–water partition coefficient (Wildman–Crippen LogP) is 1.96. The highest BCUT2D eigenvalue weighted by Gasteiger charge is 2.05. The maximum Gasteiger partial charge on any atom is 0.242 e. The summed E-state index contributed by atoms with van der Waals surface area (Å²) in [5.74, 6) is -0.338. The fourth-order valence-electron chi connectivity index (χ4n) is 1.56. The van der Waals surface area contributed by atoms with Gasteiger partial charge in [-0.3, -0.25) is 20.4 Å². The van der Waals surface area contributed by atoms with Gasteiger partial charge in [0, 0.05) is 6.42 Å². The lowest BCUT2D eigenvalue weighted by Crippen LogP contribution is -2.42. The van der Waals surface area contributed by atoms with Gasteiger partial charge in [-0.1, -0.05) is 50.1 Å². The molecule has 98 valence electrons. The predicted molar refractivity (Wildman–Crippen MR) is 70.6 cm³/mol. The molecule has 2 amide bonds. The lowest BCUT2D eigenvalue weighted by molar-refractivity contribution is -0.128. The first kappa shape index (κ1) is 14.2. The van der Waals surface area contributed by atoms with Crippen molar-refractivity contribution in [2.24, 2.45) is 0 Å². The fourth-order valence-corrected chi connectivity index (χ4v) is 1.56. The Morgan fingerprint density at radius 3 is 2.33 bits per heavy atom. The lowest BCUT2D eigenvalue weighted by Gasteiger charge is -2.07. The minimum atomic E-state index is -0.204. The van der Waals surface area contributed by atoms with Crippen LogP contribution in [0.1, 0.15) is 38.2 Å². The monoisotopic (exact) mass is 248 g/mol. The molecule has 0 aromatic heterocycles. The second-order valence-electron chi connectivity index (χ2n) is 4.22. The number of hydrazine groups is 1. The molecular weight excluding hydrogens is 228 g/mol. The van der Waals surface area contributed by atoms with Crippen LogP contribution in [-0.2, 0) is 16.0 Å². The van der Waals surface area contributed by atoms with Crippen molar-refractivity contribution in [3.05, 3.63) is 35.9 Å². The summed E-state index contributed by atoms with van der Waals surface area (Å²) >= 11 is 0. The molecule has 0 saturated heterocycles. The third-order valence-electron chi connectivity index (χ3n) is 2.56. The Balaban J connectivity index is 2.19. The summed E-state index contributed by atoms with van der Waals surface area (Å²) in [6.07, 6.45) is 3.70. The topological polar surface area (TPSA) is 58.2 Å². The molecule has 18 heavy (non-hydrogen) atoms. The van der Waals surface area contributed by atoms with Crippen molar-refractivity contribution in [2.45, 2.75) is 39.0 Å². The highest BCUT2D eigenvalue weighted by molar-refractivity contribution is 5.83. The molecule has 0 spiro atoms. The van der Waals surface area contributed by atoms with E-state index in [0.717, 1.165) is 24.8 Å². The van der Waals surface area contributed by atoms with E-state index in [1.54, 1.807) is 0 Å². The van der Waals surface area contributed by atoms with Crippen LogP contribution >= 0.6 is 0 Å². The van der Waals surface area contributed by atoms with Crippen molar-refractivity contribution < 1.29 is 9.59 Å². The van der Waals surface area contributed by atoms with E-state index in [9.17, 15) is 9.59 Å². The van der Waals surface area contributed by atoms with Gasteiger partial charge in [-0.05, 0) is 12.0 Å². The molecule has 0 heterocycles. The first-order chi connectivity index (χ1) is 8.72. The zero-order valence-electron chi connectivity index (χ0n) is 10.7. The van der Waals surface area contributed by atoms with Crippen molar-refractivity contribution in [3.63, 3.8) is 0 Å². The largest absolute Gasteiger partial charge is 0.273 e. The van der Waals surface area contributed by atoms with E-state index in [0.29, 0.717) is 6.42 Å². The molecule has 4 nitrogen and oxygen atoms in total. The minimum absolute atomic E-state index is 0.134. The molecule has 0 radical (unpaired) electrons. The zero-order valence-corrected chi connectivity index (χ0v) is 10.7. The number of carbonyl (C=O) groups is 2. The molecule has 2 N–H and O–H groups in total. The van der Waals surface area contributed by atoms with Gasteiger partial charge in [-0.25, -0.2) is 0 Å². The van der Waals surface area contributed by atoms with E-state index in [-0.39, 0.29) is 18.2 Å². The maximum atomic E-state index is 11.5. The van der Waals surface area contributed by atoms with Gasteiger partial charge in [-0.15, -0.1) is 0 Å². The molecule has 0 aliphatic rings. The quantitative estimate of drug-likeness (QED) is 0.597. The molecule has 1 aromatic carbocycles. The molecule has 1 rings (SSSR count). The van der Waals surface area contributed by atoms with Crippen LogP contribution in [0.5, 0.6) is 0 Å². The average Bonchev–Trinajstić information content (AvgIpc) is 2.38. The van der Waals surface area contributed by atoms with Gasteiger partial charge in [0.25, 0.3) is 0 Å². The van der Waals surface area contributed by atoms with Crippen molar-refractivity contribution in [2.75, 3.05) is 0 Å². The molecule has 0 saturated carbocycles. The maximum absolute atomic E-state index is 11.5. The molecule has 0 fully saturated rings. The van der Waals surface area contributed by atoms with E-state index in [4.69, 9.17) is 0 Å². The summed E-state index contributed by atoms with van der Waals surface area (Å²) in [5.41, 5.74) is 5.77. The fraction of sp³-hybridized carbons (Fsp3) is 0.429. The average molecular weight is 248 g/mol. The van der Waals surface area contributed by atoms with Crippen molar-refractivity contribution in [3.8, 4) is 0 Å². The minimum Gasteiger partial charge on any atom is -0.273 e. The Kier molecular flexibility index (Phi) is 6.54. The summed E-state index contributed by atoms with van der Waals surface area (Å²) in [4.78, 5) is 22.9. The molecule has 0 aliphatic carbocycles. The van der Waals surface area contributed by atoms with Gasteiger partial charge in [0.05, 0.1) is 6.42 Å². The van der Waals surface area contributed by atoms with Crippen LogP contribution in [0.4, 0.5) is 0 Å². The van der Waals surface area contributed by atoms with Crippen LogP contribution in [-0.4, -0.2) is 11.8 Å². The van der Waals surface area contributed by atoms with Crippen molar-refractivity contribution in [1.29, 1.82) is 0 Å². The van der Waals surface area contributed by atoms with E-state index >= 15 is 0 Å². The Hall–Kier alpha value is -1.84. The van der Waals surface area contributed by atoms with E-state index < -0.39 is 0 Å². The molecule has 0 atom stereocenters. The van der Waals surface area contributed by atoms with Crippen LogP contribution in [0.3, 0.4) is 0 Å². The van der Waals surface area contributed by atoms with Crippen LogP contribution < -0.4 is 10.9 Å². The van der Waals surface area contributed by atoms with Crippen LogP contribution in [0.2, 0.25) is 0 Å². The van der Waals surface area contributed by atoms with E-state index in [1.165, 1.54) is 0 Å². The third-order valence-corrected chi connectivity index (χ3v) is 2.56. The molecule has 0 bridgehead atoms. The molecular formula is C14H20N2O2. The summed E-state index contributed by atoms with van der Waals surface area (Å²) in [7, 11) is 0. The van der Waals surface area contributed by atoms with Crippen molar-refractivity contribution >= 4 is 11.8 Å². The first-order valence-electron chi connectivity index (χ1n) is 6.34. The van der Waals surface area contributed by atoms with Crippen LogP contribution in [0, 0.1) is 0 Å². The number of nitrogens with one attached hydrogen (secondary N) is 2. The van der Waals surface area contributed by atoms with E-state index in [1.807, 2.05) is 30.3 Å². The standard InChI is InChI=1S/C14H20N2O2/c1-2-3-5-10-13(17)15-16-14(18)11-12-8-6-4-7-9-12/h4,6-9H,2-3,5,10-11H2,1H3,(H,15,17)(H,16,18).